The van der Waals surface area contributed by atoms with Crippen LogP contribution in [-0.4, -0.2) is 20.7 Å². The van der Waals surface area contributed by atoms with Gasteiger partial charge in [-0.15, -0.1) is 0 Å². The minimum absolute atomic E-state index is 0.0318. The molecular formula is C14H13N3O2S. The second kappa shape index (κ2) is 5.42. The van der Waals surface area contributed by atoms with Gasteiger partial charge in [0, 0.05) is 11.6 Å². The second-order valence-electron chi connectivity index (χ2n) is 4.68. The van der Waals surface area contributed by atoms with Crippen molar-refractivity contribution in [3.63, 3.8) is 0 Å². The molecule has 1 amide bonds. The summed E-state index contributed by atoms with van der Waals surface area (Å²) in [6, 6.07) is 7.27. The summed E-state index contributed by atoms with van der Waals surface area (Å²) in [5.74, 6) is -0.101. The molecule has 1 atom stereocenters. The average Bonchev–Trinajstić information content (AvgIpc) is 3.07. The zero-order chi connectivity index (χ0) is 13.9. The van der Waals surface area contributed by atoms with Crippen LogP contribution in [0.15, 0.2) is 41.2 Å². The third-order valence-corrected chi connectivity index (χ3v) is 3.57. The highest BCUT2D eigenvalue weighted by molar-refractivity contribution is 7.00. The molecule has 0 spiro atoms. The molecule has 2 aromatic heterocycles. The normalized spacial score (nSPS) is 12.4. The van der Waals surface area contributed by atoms with Gasteiger partial charge >= 0.3 is 0 Å². The van der Waals surface area contributed by atoms with Crippen LogP contribution < -0.4 is 5.32 Å². The lowest BCUT2D eigenvalue weighted by Crippen LogP contribution is -2.33. The smallest absolute Gasteiger partial charge is 0.251 e. The number of benzene rings is 1. The van der Waals surface area contributed by atoms with E-state index in [4.69, 9.17) is 4.42 Å². The number of nitrogens with zero attached hydrogens (tertiary/aromatic N) is 2. The van der Waals surface area contributed by atoms with Crippen molar-refractivity contribution in [1.82, 2.24) is 14.1 Å². The fourth-order valence-corrected chi connectivity index (χ4v) is 2.56. The van der Waals surface area contributed by atoms with Crippen molar-refractivity contribution in [2.24, 2.45) is 0 Å². The van der Waals surface area contributed by atoms with E-state index in [0.717, 1.165) is 34.7 Å². The molecule has 0 saturated carbocycles. The van der Waals surface area contributed by atoms with Crippen LogP contribution in [0.1, 0.15) is 22.8 Å². The molecule has 0 bridgehead atoms. The fraction of sp³-hybridized carbons (Fsp3) is 0.214. The molecule has 0 aliphatic carbocycles. The van der Waals surface area contributed by atoms with Gasteiger partial charge in [-0.2, -0.15) is 8.75 Å². The summed E-state index contributed by atoms with van der Waals surface area (Å²) in [4.78, 5) is 12.2. The number of nitrogens with one attached hydrogen (secondary N) is 1. The van der Waals surface area contributed by atoms with Gasteiger partial charge in [-0.1, -0.05) is 0 Å². The third kappa shape index (κ3) is 2.70. The predicted molar refractivity (Wildman–Crippen MR) is 76.8 cm³/mol. The average molecular weight is 287 g/mol. The first-order valence-corrected chi connectivity index (χ1v) is 6.99. The number of carbonyl (C=O) groups excluding carboxylic acids is 1. The maximum Gasteiger partial charge on any atom is 0.251 e. The zero-order valence-electron chi connectivity index (χ0n) is 10.9. The summed E-state index contributed by atoms with van der Waals surface area (Å²) >= 11 is 1.15. The molecule has 1 aromatic carbocycles. The van der Waals surface area contributed by atoms with Crippen LogP contribution in [0.2, 0.25) is 0 Å². The first-order chi connectivity index (χ1) is 9.72. The Morgan fingerprint density at radius 3 is 3.00 bits per heavy atom. The Morgan fingerprint density at radius 2 is 2.20 bits per heavy atom. The molecule has 1 unspecified atom stereocenters. The molecule has 0 fully saturated rings. The van der Waals surface area contributed by atoms with Gasteiger partial charge in [-0.05, 0) is 43.2 Å². The van der Waals surface area contributed by atoms with Crippen molar-refractivity contribution in [2.45, 2.75) is 19.4 Å². The Morgan fingerprint density at radius 1 is 1.35 bits per heavy atom. The molecular weight excluding hydrogens is 274 g/mol. The highest BCUT2D eigenvalue weighted by Gasteiger charge is 2.12. The maximum atomic E-state index is 12.2. The molecule has 1 N–H and O–H groups in total. The van der Waals surface area contributed by atoms with E-state index in [9.17, 15) is 4.79 Å². The summed E-state index contributed by atoms with van der Waals surface area (Å²) in [5, 5.41) is 2.97. The van der Waals surface area contributed by atoms with Crippen LogP contribution in [0.25, 0.3) is 11.0 Å². The van der Waals surface area contributed by atoms with Crippen molar-refractivity contribution in [3.8, 4) is 0 Å². The van der Waals surface area contributed by atoms with Crippen molar-refractivity contribution in [3.05, 3.63) is 47.9 Å². The number of aromatic nitrogens is 2. The number of hydrogen-bond donors (Lipinski definition) is 1. The molecule has 0 saturated heterocycles. The van der Waals surface area contributed by atoms with E-state index < -0.39 is 0 Å². The quantitative estimate of drug-likeness (QED) is 0.801. The minimum atomic E-state index is -0.101. The first-order valence-electron chi connectivity index (χ1n) is 6.26. The third-order valence-electron chi connectivity index (χ3n) is 3.02. The Labute approximate surface area is 119 Å². The van der Waals surface area contributed by atoms with E-state index in [1.807, 2.05) is 19.1 Å². The molecule has 0 radical (unpaired) electrons. The molecule has 0 aliphatic heterocycles. The van der Waals surface area contributed by atoms with E-state index in [1.54, 1.807) is 24.7 Å². The van der Waals surface area contributed by atoms with Crippen LogP contribution in [0.3, 0.4) is 0 Å². The van der Waals surface area contributed by atoms with E-state index in [0.29, 0.717) is 5.56 Å². The lowest BCUT2D eigenvalue weighted by molar-refractivity contribution is 0.0940. The van der Waals surface area contributed by atoms with Gasteiger partial charge in [-0.25, -0.2) is 0 Å². The lowest BCUT2D eigenvalue weighted by atomic mass is 10.1. The molecule has 3 aromatic rings. The second-order valence-corrected chi connectivity index (χ2v) is 5.21. The van der Waals surface area contributed by atoms with E-state index in [-0.39, 0.29) is 11.9 Å². The van der Waals surface area contributed by atoms with Gasteiger partial charge in [0.1, 0.15) is 11.0 Å². The van der Waals surface area contributed by atoms with Crippen LogP contribution in [0, 0.1) is 0 Å². The number of hydrogen-bond acceptors (Lipinski definition) is 5. The molecule has 3 rings (SSSR count). The topological polar surface area (TPSA) is 68.0 Å². The Bertz CT molecular complexity index is 721. The molecule has 102 valence electrons. The van der Waals surface area contributed by atoms with Crippen LogP contribution in [0.5, 0.6) is 0 Å². The SMILES string of the molecule is CC(Cc1ccoc1)NC(=O)c1ccc2nsnc2c1. The lowest BCUT2D eigenvalue weighted by Gasteiger charge is -2.12. The Balaban J connectivity index is 1.68. The van der Waals surface area contributed by atoms with Crippen molar-refractivity contribution in [1.29, 1.82) is 0 Å². The number of furan rings is 1. The zero-order valence-corrected chi connectivity index (χ0v) is 11.7. The highest BCUT2D eigenvalue weighted by atomic mass is 32.1. The summed E-state index contributed by atoms with van der Waals surface area (Å²) in [7, 11) is 0. The predicted octanol–water partition coefficient (Wildman–Crippen LogP) is 2.65. The standard InChI is InChI=1S/C14H13N3O2S/c1-9(6-10-4-5-19-8-10)15-14(18)11-2-3-12-13(7-11)17-20-16-12/h2-5,7-9H,6H2,1H3,(H,15,18). The molecule has 2 heterocycles. The van der Waals surface area contributed by atoms with Crippen molar-refractivity contribution in [2.75, 3.05) is 0 Å². The van der Waals surface area contributed by atoms with Gasteiger partial charge in [-0.3, -0.25) is 4.79 Å². The van der Waals surface area contributed by atoms with Gasteiger partial charge in [0.15, 0.2) is 0 Å². The van der Waals surface area contributed by atoms with Gasteiger partial charge in [0.25, 0.3) is 5.91 Å². The largest absolute Gasteiger partial charge is 0.472 e. The van der Waals surface area contributed by atoms with E-state index in [1.165, 1.54) is 0 Å². The van der Waals surface area contributed by atoms with Crippen LogP contribution in [0.4, 0.5) is 0 Å². The molecule has 0 aliphatic rings. The minimum Gasteiger partial charge on any atom is -0.472 e. The highest BCUT2D eigenvalue weighted by Crippen LogP contribution is 2.14. The van der Waals surface area contributed by atoms with Crippen LogP contribution >= 0.6 is 11.7 Å². The number of amides is 1. The van der Waals surface area contributed by atoms with Gasteiger partial charge in [0.05, 0.1) is 24.3 Å². The number of carbonyl (C=O) groups is 1. The number of fused-ring (bicyclic) bond motifs is 1. The van der Waals surface area contributed by atoms with Crippen molar-refractivity contribution < 1.29 is 9.21 Å². The van der Waals surface area contributed by atoms with Crippen molar-refractivity contribution >= 4 is 28.7 Å². The molecule has 6 heteroatoms. The van der Waals surface area contributed by atoms with E-state index in [2.05, 4.69) is 14.1 Å². The van der Waals surface area contributed by atoms with Crippen LogP contribution in [-0.2, 0) is 6.42 Å². The Kier molecular flexibility index (Phi) is 3.47. The number of rotatable bonds is 4. The maximum absolute atomic E-state index is 12.2. The van der Waals surface area contributed by atoms with E-state index >= 15 is 0 Å². The summed E-state index contributed by atoms with van der Waals surface area (Å²) in [6.45, 7) is 1.97. The Hall–Kier alpha value is -2.21. The molecule has 20 heavy (non-hydrogen) atoms. The summed E-state index contributed by atoms with van der Waals surface area (Å²) in [6.07, 6.45) is 4.06. The molecule has 5 nitrogen and oxygen atoms in total. The monoisotopic (exact) mass is 287 g/mol. The van der Waals surface area contributed by atoms with Gasteiger partial charge < -0.3 is 9.73 Å². The fourth-order valence-electron chi connectivity index (χ4n) is 2.04. The summed E-state index contributed by atoms with van der Waals surface area (Å²) in [5.41, 5.74) is 3.24. The van der Waals surface area contributed by atoms with Gasteiger partial charge in [0.2, 0.25) is 0 Å². The first kappa shape index (κ1) is 12.8. The summed E-state index contributed by atoms with van der Waals surface area (Å²) < 4.78 is 13.3.